The maximum Gasteiger partial charge on any atom is 0.234 e. The van der Waals surface area contributed by atoms with Gasteiger partial charge in [-0.1, -0.05) is 0 Å². The van der Waals surface area contributed by atoms with Gasteiger partial charge in [0, 0.05) is 37.0 Å². The van der Waals surface area contributed by atoms with Crippen LogP contribution in [-0.4, -0.2) is 29.8 Å². The van der Waals surface area contributed by atoms with E-state index in [2.05, 4.69) is 10.6 Å². The highest BCUT2D eigenvalue weighted by atomic mass is 16.2. The summed E-state index contributed by atoms with van der Waals surface area (Å²) >= 11 is 0. The van der Waals surface area contributed by atoms with E-state index in [4.69, 9.17) is 0 Å². The molecule has 3 amide bonds. The number of nitrogens with one attached hydrogen (secondary N) is 2. The van der Waals surface area contributed by atoms with Crippen molar-refractivity contribution < 1.29 is 14.4 Å². The Morgan fingerprint density at radius 3 is 2.42 bits per heavy atom. The van der Waals surface area contributed by atoms with Gasteiger partial charge in [0.05, 0.1) is 5.69 Å². The van der Waals surface area contributed by atoms with E-state index in [1.165, 1.54) is 17.7 Å². The van der Waals surface area contributed by atoms with Crippen molar-refractivity contribution in [2.45, 2.75) is 64.0 Å². The van der Waals surface area contributed by atoms with Crippen molar-refractivity contribution >= 4 is 29.1 Å². The summed E-state index contributed by atoms with van der Waals surface area (Å²) in [6, 6.07) is 6.52. The van der Waals surface area contributed by atoms with Crippen molar-refractivity contribution in [2.75, 3.05) is 10.2 Å². The Morgan fingerprint density at radius 2 is 1.81 bits per heavy atom. The van der Waals surface area contributed by atoms with Gasteiger partial charge in [-0.3, -0.25) is 19.3 Å². The van der Waals surface area contributed by atoms with Gasteiger partial charge in [-0.15, -0.1) is 0 Å². The highest BCUT2D eigenvalue weighted by molar-refractivity contribution is 6.20. The molecule has 3 aliphatic heterocycles. The summed E-state index contributed by atoms with van der Waals surface area (Å²) in [7, 11) is 0. The van der Waals surface area contributed by atoms with Crippen LogP contribution in [0.15, 0.2) is 18.2 Å². The number of nitrogens with zero attached hydrogens (tertiary/aromatic N) is 1. The predicted octanol–water partition coefficient (Wildman–Crippen LogP) is 2.51. The summed E-state index contributed by atoms with van der Waals surface area (Å²) in [6.07, 6.45) is 5.74. The molecule has 3 saturated heterocycles. The van der Waals surface area contributed by atoms with Crippen LogP contribution in [0.25, 0.3) is 0 Å². The quantitative estimate of drug-likeness (QED) is 0.814. The lowest BCUT2D eigenvalue weighted by Crippen LogP contribution is -2.39. The van der Waals surface area contributed by atoms with Gasteiger partial charge in [0.1, 0.15) is 0 Å². The summed E-state index contributed by atoms with van der Waals surface area (Å²) in [6.45, 7) is 1.86. The third-order valence-corrected chi connectivity index (χ3v) is 5.82. The highest BCUT2D eigenvalue weighted by Gasteiger charge is 2.34. The fraction of sp³-hybridized carbons (Fsp3) is 0.550. The Balaban J connectivity index is 1.39. The predicted molar refractivity (Wildman–Crippen MR) is 98.8 cm³/mol. The molecule has 138 valence electrons. The molecule has 2 unspecified atom stereocenters. The molecule has 3 heterocycles. The third kappa shape index (κ3) is 3.38. The largest absolute Gasteiger partial charge is 0.326 e. The van der Waals surface area contributed by atoms with Gasteiger partial charge in [-0.2, -0.15) is 0 Å². The number of hydrogen-bond acceptors (Lipinski definition) is 4. The number of fused-ring (bicyclic) bond motifs is 2. The number of piperidine rings is 1. The second-order valence-electron chi connectivity index (χ2n) is 7.85. The van der Waals surface area contributed by atoms with Crippen molar-refractivity contribution in [3.8, 4) is 0 Å². The lowest BCUT2D eigenvalue weighted by molar-refractivity contribution is -0.121. The molecule has 0 radical (unpaired) electrons. The molecule has 3 fully saturated rings. The Morgan fingerprint density at radius 1 is 1.15 bits per heavy atom. The molecule has 0 saturated carbocycles. The van der Waals surface area contributed by atoms with Crippen LogP contribution in [-0.2, 0) is 14.4 Å². The van der Waals surface area contributed by atoms with Gasteiger partial charge in [0.15, 0.2) is 0 Å². The SMILES string of the molecule is Cc1cc(NC(=O)CC2CC3CCC(C2)N3)ccc1N1C(=O)CCC1=O. The van der Waals surface area contributed by atoms with Crippen LogP contribution in [0.5, 0.6) is 0 Å². The molecule has 6 heteroatoms. The van der Waals surface area contributed by atoms with E-state index in [9.17, 15) is 14.4 Å². The number of benzene rings is 1. The zero-order chi connectivity index (χ0) is 18.3. The van der Waals surface area contributed by atoms with Crippen molar-refractivity contribution in [3.63, 3.8) is 0 Å². The van der Waals surface area contributed by atoms with E-state index < -0.39 is 0 Å². The number of amides is 3. The monoisotopic (exact) mass is 355 g/mol. The second-order valence-corrected chi connectivity index (χ2v) is 7.85. The Labute approximate surface area is 153 Å². The van der Waals surface area contributed by atoms with Crippen molar-refractivity contribution in [1.29, 1.82) is 0 Å². The van der Waals surface area contributed by atoms with Crippen LogP contribution in [0.1, 0.15) is 50.5 Å². The average Bonchev–Trinajstić information content (AvgIpc) is 3.10. The molecule has 0 aliphatic carbocycles. The highest BCUT2D eigenvalue weighted by Crippen LogP contribution is 2.33. The lowest BCUT2D eigenvalue weighted by atomic mass is 9.89. The average molecular weight is 355 g/mol. The first-order valence-corrected chi connectivity index (χ1v) is 9.52. The maximum atomic E-state index is 12.4. The van der Waals surface area contributed by atoms with Gasteiger partial charge in [-0.25, -0.2) is 0 Å². The molecule has 3 aliphatic rings. The molecule has 2 bridgehead atoms. The summed E-state index contributed by atoms with van der Waals surface area (Å²) in [5.41, 5.74) is 2.14. The van der Waals surface area contributed by atoms with Crippen LogP contribution < -0.4 is 15.5 Å². The summed E-state index contributed by atoms with van der Waals surface area (Å²) < 4.78 is 0. The first-order valence-electron chi connectivity index (χ1n) is 9.52. The Bertz CT molecular complexity index is 733. The van der Waals surface area contributed by atoms with Crippen LogP contribution in [0.4, 0.5) is 11.4 Å². The maximum absolute atomic E-state index is 12.4. The summed E-state index contributed by atoms with van der Waals surface area (Å²) in [5, 5.41) is 6.57. The van der Waals surface area contributed by atoms with Crippen molar-refractivity contribution in [2.24, 2.45) is 5.92 Å². The summed E-state index contributed by atoms with van der Waals surface area (Å²) in [5.74, 6) is 0.177. The van der Waals surface area contributed by atoms with E-state index >= 15 is 0 Å². The van der Waals surface area contributed by atoms with Gasteiger partial charge < -0.3 is 10.6 Å². The Kier molecular flexibility index (Phi) is 4.53. The van der Waals surface area contributed by atoms with Gasteiger partial charge >= 0.3 is 0 Å². The number of carbonyl (C=O) groups is 3. The van der Waals surface area contributed by atoms with Crippen LogP contribution in [0.3, 0.4) is 0 Å². The van der Waals surface area contributed by atoms with E-state index in [0.717, 1.165) is 18.4 Å². The fourth-order valence-electron chi connectivity index (χ4n) is 4.65. The number of carbonyl (C=O) groups excluding carboxylic acids is 3. The molecular weight excluding hydrogens is 330 g/mol. The van der Waals surface area contributed by atoms with Gasteiger partial charge in [0.2, 0.25) is 17.7 Å². The molecule has 26 heavy (non-hydrogen) atoms. The minimum absolute atomic E-state index is 0.0387. The number of hydrogen-bond donors (Lipinski definition) is 2. The van der Waals surface area contributed by atoms with Crippen LogP contribution in [0, 0.1) is 12.8 Å². The molecule has 0 spiro atoms. The second kappa shape index (κ2) is 6.83. The molecule has 0 aromatic heterocycles. The first kappa shape index (κ1) is 17.2. The number of imide groups is 1. The smallest absolute Gasteiger partial charge is 0.234 e. The lowest BCUT2D eigenvalue weighted by Gasteiger charge is -2.28. The summed E-state index contributed by atoms with van der Waals surface area (Å²) in [4.78, 5) is 37.5. The van der Waals surface area contributed by atoms with Gasteiger partial charge in [-0.05, 0) is 62.3 Å². The van der Waals surface area contributed by atoms with E-state index in [0.29, 0.717) is 35.8 Å². The minimum Gasteiger partial charge on any atom is -0.326 e. The standard InChI is InChI=1S/C20H25N3O3/c1-12-8-14(4-5-17(12)23-19(25)6-7-20(23)26)22-18(24)11-13-9-15-2-3-16(10-13)21-15/h4-5,8,13,15-16,21H,2-3,6-7,9-11H2,1H3,(H,22,24). The van der Waals surface area contributed by atoms with E-state index in [1.54, 1.807) is 12.1 Å². The molecule has 2 atom stereocenters. The molecular formula is C20H25N3O3. The first-order chi connectivity index (χ1) is 12.5. The van der Waals surface area contributed by atoms with Gasteiger partial charge in [0.25, 0.3) is 0 Å². The normalized spacial score (nSPS) is 27.9. The topological polar surface area (TPSA) is 78.5 Å². The number of anilines is 2. The number of rotatable bonds is 4. The van der Waals surface area contributed by atoms with E-state index in [1.807, 2.05) is 13.0 Å². The van der Waals surface area contributed by atoms with E-state index in [-0.39, 0.29) is 30.6 Å². The van der Waals surface area contributed by atoms with Crippen molar-refractivity contribution in [1.82, 2.24) is 5.32 Å². The Hall–Kier alpha value is -2.21. The third-order valence-electron chi connectivity index (χ3n) is 5.82. The molecule has 1 aromatic carbocycles. The van der Waals surface area contributed by atoms with Crippen LogP contribution in [0.2, 0.25) is 0 Å². The molecule has 4 rings (SSSR count). The zero-order valence-electron chi connectivity index (χ0n) is 15.1. The molecule has 2 N–H and O–H groups in total. The number of aryl methyl sites for hydroxylation is 1. The van der Waals surface area contributed by atoms with Crippen LogP contribution >= 0.6 is 0 Å². The fourth-order valence-corrected chi connectivity index (χ4v) is 4.65. The zero-order valence-corrected chi connectivity index (χ0v) is 15.1. The van der Waals surface area contributed by atoms with Crippen molar-refractivity contribution in [3.05, 3.63) is 23.8 Å². The minimum atomic E-state index is -0.157. The molecule has 6 nitrogen and oxygen atoms in total. The molecule has 1 aromatic rings.